The van der Waals surface area contributed by atoms with E-state index in [1.54, 1.807) is 17.5 Å². The second-order valence-electron chi connectivity index (χ2n) is 9.37. The molecule has 6 aromatic rings. The third-order valence-corrected chi connectivity index (χ3v) is 7.12. The van der Waals surface area contributed by atoms with Gasteiger partial charge < -0.3 is 10.3 Å². The van der Waals surface area contributed by atoms with Crippen LogP contribution in [0.15, 0.2) is 78.4 Å². The predicted octanol–water partition coefficient (Wildman–Crippen LogP) is 7.49. The molecule has 0 aliphatic rings. The molecule has 0 saturated heterocycles. The van der Waals surface area contributed by atoms with Crippen molar-refractivity contribution in [3.8, 4) is 33.0 Å². The van der Waals surface area contributed by atoms with Crippen LogP contribution >= 0.6 is 11.3 Å². The van der Waals surface area contributed by atoms with Crippen LogP contribution in [-0.4, -0.2) is 26.1 Å². The number of hydrogen-bond acceptors (Lipinski definition) is 4. The van der Waals surface area contributed by atoms with Gasteiger partial charge in [0.15, 0.2) is 0 Å². The van der Waals surface area contributed by atoms with E-state index in [-0.39, 0.29) is 5.91 Å². The molecule has 0 atom stereocenters. The zero-order valence-electron chi connectivity index (χ0n) is 20.0. The maximum Gasteiger partial charge on any atom is 0.224 e. The summed E-state index contributed by atoms with van der Waals surface area (Å²) in [6, 6.07) is 20.9. The molecule has 0 unspecified atom stereocenters. The standard InChI is InChI=1S/C29H25N5OS/c1-17(2)11-28(35)31-20-12-19(15-30-16-20)18-8-9-25-23(13-18)29(34-33-25)26-14-22-21(27-7-4-10-36-27)5-3-6-24(22)32-26/h3-10,12-17,32H,11H2,1-2H3,(H,31,35)(H,33,34). The summed E-state index contributed by atoms with van der Waals surface area (Å²) in [5.74, 6) is 0.298. The number of benzene rings is 2. The third-order valence-electron chi connectivity index (χ3n) is 6.22. The van der Waals surface area contributed by atoms with E-state index in [0.717, 1.165) is 38.9 Å². The first-order valence-electron chi connectivity index (χ1n) is 11.9. The lowest BCUT2D eigenvalue weighted by Gasteiger charge is -2.09. The number of hydrogen-bond donors (Lipinski definition) is 3. The van der Waals surface area contributed by atoms with E-state index in [9.17, 15) is 4.79 Å². The Morgan fingerprint density at radius 3 is 2.72 bits per heavy atom. The molecule has 0 radical (unpaired) electrons. The Morgan fingerprint density at radius 1 is 0.972 bits per heavy atom. The van der Waals surface area contributed by atoms with Crippen LogP contribution in [0.2, 0.25) is 0 Å². The van der Waals surface area contributed by atoms with Crippen LogP contribution in [0.1, 0.15) is 20.3 Å². The van der Waals surface area contributed by atoms with Crippen LogP contribution in [0, 0.1) is 5.92 Å². The van der Waals surface area contributed by atoms with Crippen molar-refractivity contribution in [3.63, 3.8) is 0 Å². The molecule has 36 heavy (non-hydrogen) atoms. The lowest BCUT2D eigenvalue weighted by atomic mass is 10.0. The smallest absolute Gasteiger partial charge is 0.224 e. The van der Waals surface area contributed by atoms with Gasteiger partial charge in [-0.15, -0.1) is 11.3 Å². The van der Waals surface area contributed by atoms with Crippen LogP contribution in [-0.2, 0) is 4.79 Å². The van der Waals surface area contributed by atoms with Crippen molar-refractivity contribution in [2.45, 2.75) is 20.3 Å². The van der Waals surface area contributed by atoms with Gasteiger partial charge in [0, 0.05) is 44.9 Å². The van der Waals surface area contributed by atoms with Gasteiger partial charge in [-0.25, -0.2) is 0 Å². The maximum atomic E-state index is 12.2. The molecule has 178 valence electrons. The molecule has 2 aromatic carbocycles. The second-order valence-corrected chi connectivity index (χ2v) is 10.3. The zero-order chi connectivity index (χ0) is 24.6. The monoisotopic (exact) mass is 491 g/mol. The third kappa shape index (κ3) is 4.18. The first-order chi connectivity index (χ1) is 17.5. The molecule has 0 aliphatic heterocycles. The molecule has 6 nitrogen and oxygen atoms in total. The van der Waals surface area contributed by atoms with E-state index in [2.05, 4.69) is 73.3 Å². The Balaban J connectivity index is 1.38. The Hall–Kier alpha value is -4.23. The number of pyridine rings is 1. The molecular formula is C29H25N5OS. The van der Waals surface area contributed by atoms with Gasteiger partial charge in [0.2, 0.25) is 5.91 Å². The number of nitrogens with one attached hydrogen (secondary N) is 3. The number of rotatable bonds is 6. The second kappa shape index (κ2) is 9.09. The topological polar surface area (TPSA) is 86.5 Å². The highest BCUT2D eigenvalue weighted by Crippen LogP contribution is 2.36. The van der Waals surface area contributed by atoms with Crippen molar-refractivity contribution in [3.05, 3.63) is 78.4 Å². The Bertz CT molecular complexity index is 1690. The van der Waals surface area contributed by atoms with Crippen molar-refractivity contribution in [2.24, 2.45) is 5.92 Å². The predicted molar refractivity (Wildman–Crippen MR) is 148 cm³/mol. The summed E-state index contributed by atoms with van der Waals surface area (Å²) < 4.78 is 0. The fourth-order valence-electron chi connectivity index (χ4n) is 4.58. The lowest BCUT2D eigenvalue weighted by molar-refractivity contribution is -0.116. The molecule has 0 aliphatic carbocycles. The number of thiophene rings is 1. The van der Waals surface area contributed by atoms with Crippen LogP contribution in [0.25, 0.3) is 54.8 Å². The molecular weight excluding hydrogens is 466 g/mol. The van der Waals surface area contributed by atoms with Crippen LogP contribution in [0.3, 0.4) is 0 Å². The van der Waals surface area contributed by atoms with E-state index >= 15 is 0 Å². The van der Waals surface area contributed by atoms with E-state index in [1.165, 1.54) is 15.8 Å². The molecule has 0 fully saturated rings. The Kier molecular flexibility index (Phi) is 5.62. The van der Waals surface area contributed by atoms with Crippen LogP contribution in [0.4, 0.5) is 5.69 Å². The van der Waals surface area contributed by atoms with Gasteiger partial charge in [0.25, 0.3) is 0 Å². The van der Waals surface area contributed by atoms with Gasteiger partial charge in [-0.1, -0.05) is 38.1 Å². The molecule has 6 rings (SSSR count). The highest BCUT2D eigenvalue weighted by atomic mass is 32.1. The zero-order valence-corrected chi connectivity index (χ0v) is 20.8. The molecule has 0 saturated carbocycles. The summed E-state index contributed by atoms with van der Waals surface area (Å²) in [7, 11) is 0. The van der Waals surface area contributed by atoms with Crippen molar-refractivity contribution in [1.29, 1.82) is 0 Å². The number of H-pyrrole nitrogens is 2. The maximum absolute atomic E-state index is 12.2. The lowest BCUT2D eigenvalue weighted by Crippen LogP contribution is -2.13. The van der Waals surface area contributed by atoms with Gasteiger partial charge in [-0.05, 0) is 53.3 Å². The molecule has 7 heteroatoms. The number of aromatic amines is 2. The van der Waals surface area contributed by atoms with Crippen molar-refractivity contribution in [1.82, 2.24) is 20.2 Å². The first-order valence-corrected chi connectivity index (χ1v) is 12.8. The molecule has 4 heterocycles. The number of aromatic nitrogens is 4. The fraction of sp³-hybridized carbons (Fsp3) is 0.138. The number of anilines is 1. The largest absolute Gasteiger partial charge is 0.353 e. The average Bonchev–Trinajstić information content (AvgIpc) is 3.62. The minimum atomic E-state index is -0.00254. The fourth-order valence-corrected chi connectivity index (χ4v) is 5.34. The highest BCUT2D eigenvalue weighted by Gasteiger charge is 2.15. The number of nitrogens with zero attached hydrogens (tertiary/aromatic N) is 2. The van der Waals surface area contributed by atoms with Crippen LogP contribution in [0.5, 0.6) is 0 Å². The van der Waals surface area contributed by atoms with Gasteiger partial charge in [-0.3, -0.25) is 14.9 Å². The number of amides is 1. The summed E-state index contributed by atoms with van der Waals surface area (Å²) in [4.78, 5) is 21.4. The Morgan fingerprint density at radius 2 is 1.89 bits per heavy atom. The van der Waals surface area contributed by atoms with Crippen molar-refractivity contribution < 1.29 is 4.79 Å². The normalized spacial score (nSPS) is 11.5. The highest BCUT2D eigenvalue weighted by molar-refractivity contribution is 7.13. The summed E-state index contributed by atoms with van der Waals surface area (Å²) in [6.45, 7) is 4.06. The quantitative estimate of drug-likeness (QED) is 0.226. The molecule has 4 aromatic heterocycles. The minimum absolute atomic E-state index is 0.00254. The first kappa shape index (κ1) is 22.2. The van der Waals surface area contributed by atoms with Crippen molar-refractivity contribution >= 4 is 44.7 Å². The van der Waals surface area contributed by atoms with Gasteiger partial charge in [0.05, 0.1) is 23.1 Å². The molecule has 3 N–H and O–H groups in total. The minimum Gasteiger partial charge on any atom is -0.353 e. The molecule has 0 spiro atoms. The number of fused-ring (bicyclic) bond motifs is 2. The van der Waals surface area contributed by atoms with E-state index in [4.69, 9.17) is 0 Å². The summed E-state index contributed by atoms with van der Waals surface area (Å²) in [5, 5.41) is 15.1. The van der Waals surface area contributed by atoms with E-state index in [0.29, 0.717) is 18.0 Å². The summed E-state index contributed by atoms with van der Waals surface area (Å²) in [5.41, 5.74) is 7.73. The van der Waals surface area contributed by atoms with E-state index < -0.39 is 0 Å². The van der Waals surface area contributed by atoms with Gasteiger partial charge >= 0.3 is 0 Å². The van der Waals surface area contributed by atoms with Crippen molar-refractivity contribution in [2.75, 3.05) is 5.32 Å². The average molecular weight is 492 g/mol. The Labute approximate surface area is 212 Å². The number of carbonyl (C=O) groups is 1. The number of carbonyl (C=O) groups excluding carboxylic acids is 1. The van der Waals surface area contributed by atoms with Gasteiger partial charge in [-0.2, -0.15) is 5.10 Å². The summed E-state index contributed by atoms with van der Waals surface area (Å²) in [6.07, 6.45) is 3.97. The van der Waals surface area contributed by atoms with Crippen LogP contribution < -0.4 is 5.32 Å². The summed E-state index contributed by atoms with van der Waals surface area (Å²) >= 11 is 1.74. The molecule has 1 amide bonds. The van der Waals surface area contributed by atoms with E-state index in [1.807, 2.05) is 38.2 Å². The SMILES string of the molecule is CC(C)CC(=O)Nc1cncc(-c2ccc3[nH]nc(-c4cc5c(-c6cccs6)cccc5[nH]4)c3c2)c1. The van der Waals surface area contributed by atoms with Gasteiger partial charge in [0.1, 0.15) is 5.69 Å². The molecule has 0 bridgehead atoms.